The number of nitrogens with one attached hydrogen (secondary N) is 1. The van der Waals surface area contributed by atoms with Gasteiger partial charge in [0, 0.05) is 25.2 Å². The van der Waals surface area contributed by atoms with Crippen molar-refractivity contribution in [2.75, 3.05) is 19.6 Å². The van der Waals surface area contributed by atoms with Crippen LogP contribution >= 0.6 is 0 Å². The molecular weight excluding hydrogens is 356 g/mol. The average molecular weight is 393 g/mol. The molecule has 0 bridgehead atoms. The molecular formula is C26H36N2O. The Kier molecular flexibility index (Phi) is 7.88. The molecule has 0 spiro atoms. The number of rotatable bonds is 8. The molecule has 1 unspecified atom stereocenters. The first-order valence-electron chi connectivity index (χ1n) is 11.2. The maximum Gasteiger partial charge on any atom is 0.251 e. The van der Waals surface area contributed by atoms with Crippen LogP contribution in [0, 0.1) is 5.92 Å². The van der Waals surface area contributed by atoms with E-state index >= 15 is 0 Å². The van der Waals surface area contributed by atoms with Gasteiger partial charge in [0.25, 0.3) is 5.91 Å². The summed E-state index contributed by atoms with van der Waals surface area (Å²) >= 11 is 0. The third-order valence-corrected chi connectivity index (χ3v) is 5.94. The van der Waals surface area contributed by atoms with E-state index in [9.17, 15) is 4.79 Å². The molecule has 2 aromatic rings. The van der Waals surface area contributed by atoms with Gasteiger partial charge in [-0.15, -0.1) is 0 Å². The Bertz CT molecular complexity index is 764. The smallest absolute Gasteiger partial charge is 0.251 e. The van der Waals surface area contributed by atoms with E-state index in [2.05, 4.69) is 67.4 Å². The molecule has 3 heteroatoms. The Morgan fingerprint density at radius 2 is 1.76 bits per heavy atom. The van der Waals surface area contributed by atoms with Crippen molar-refractivity contribution >= 4 is 5.91 Å². The lowest BCUT2D eigenvalue weighted by Crippen LogP contribution is -2.33. The lowest BCUT2D eigenvalue weighted by molar-refractivity contribution is 0.0953. The quantitative estimate of drug-likeness (QED) is 0.610. The molecule has 1 aliphatic rings. The van der Waals surface area contributed by atoms with E-state index in [1.165, 1.54) is 42.6 Å². The van der Waals surface area contributed by atoms with Crippen LogP contribution in [0.5, 0.6) is 0 Å². The molecule has 156 valence electrons. The number of carbonyl (C=O) groups excluding carboxylic acids is 1. The molecule has 0 aliphatic carbocycles. The summed E-state index contributed by atoms with van der Waals surface area (Å²) in [7, 11) is 0. The summed E-state index contributed by atoms with van der Waals surface area (Å²) in [5.74, 6) is 1.39. The standard InChI is InChI=1S/C26H36N2O/c1-20(2)24-12-8-22(9-13-24)7-4-16-27-26(29)25-14-10-23(11-15-25)19-28-17-5-6-21(3)18-28/h8-15,20-21H,4-7,16-19H2,1-3H3,(H,27,29). The number of carbonyl (C=O) groups is 1. The highest BCUT2D eigenvalue weighted by molar-refractivity contribution is 5.94. The number of aryl methyl sites for hydroxylation is 1. The minimum atomic E-state index is 0.0262. The van der Waals surface area contributed by atoms with Gasteiger partial charge >= 0.3 is 0 Å². The lowest BCUT2D eigenvalue weighted by atomic mass is 9.99. The van der Waals surface area contributed by atoms with Gasteiger partial charge in [0.15, 0.2) is 0 Å². The van der Waals surface area contributed by atoms with Gasteiger partial charge in [-0.3, -0.25) is 9.69 Å². The molecule has 1 heterocycles. The first-order chi connectivity index (χ1) is 14.0. The van der Waals surface area contributed by atoms with Crippen LogP contribution in [0.25, 0.3) is 0 Å². The minimum absolute atomic E-state index is 0.0262. The van der Waals surface area contributed by atoms with Gasteiger partial charge < -0.3 is 5.32 Å². The van der Waals surface area contributed by atoms with Crippen molar-refractivity contribution in [3.05, 3.63) is 70.8 Å². The highest BCUT2D eigenvalue weighted by atomic mass is 16.1. The van der Waals surface area contributed by atoms with Crippen molar-refractivity contribution in [1.29, 1.82) is 0 Å². The van der Waals surface area contributed by atoms with Crippen LogP contribution in [-0.4, -0.2) is 30.4 Å². The Morgan fingerprint density at radius 3 is 2.41 bits per heavy atom. The summed E-state index contributed by atoms with van der Waals surface area (Å²) in [6, 6.07) is 17.0. The van der Waals surface area contributed by atoms with Gasteiger partial charge in [0.1, 0.15) is 0 Å². The van der Waals surface area contributed by atoms with Gasteiger partial charge in [-0.05, 0) is 72.9 Å². The van der Waals surface area contributed by atoms with Crippen LogP contribution in [0.3, 0.4) is 0 Å². The molecule has 1 atom stereocenters. The van der Waals surface area contributed by atoms with Gasteiger partial charge in [-0.25, -0.2) is 0 Å². The summed E-state index contributed by atoms with van der Waals surface area (Å²) in [5.41, 5.74) is 4.75. The molecule has 1 fully saturated rings. The SMILES string of the molecule is CC1CCCN(Cc2ccc(C(=O)NCCCc3ccc(C(C)C)cc3)cc2)C1. The van der Waals surface area contributed by atoms with Gasteiger partial charge in [-0.2, -0.15) is 0 Å². The fourth-order valence-electron chi connectivity index (χ4n) is 4.12. The van der Waals surface area contributed by atoms with Crippen LogP contribution in [0.2, 0.25) is 0 Å². The van der Waals surface area contributed by atoms with E-state index in [-0.39, 0.29) is 5.91 Å². The number of amides is 1. The highest BCUT2D eigenvalue weighted by Crippen LogP contribution is 2.18. The Morgan fingerprint density at radius 1 is 1.07 bits per heavy atom. The zero-order valence-corrected chi connectivity index (χ0v) is 18.3. The van der Waals surface area contributed by atoms with Crippen molar-refractivity contribution in [3.63, 3.8) is 0 Å². The molecule has 1 saturated heterocycles. The van der Waals surface area contributed by atoms with E-state index in [4.69, 9.17) is 0 Å². The fourth-order valence-corrected chi connectivity index (χ4v) is 4.12. The molecule has 0 saturated carbocycles. The first-order valence-corrected chi connectivity index (χ1v) is 11.2. The van der Waals surface area contributed by atoms with E-state index < -0.39 is 0 Å². The largest absolute Gasteiger partial charge is 0.352 e. The summed E-state index contributed by atoms with van der Waals surface area (Å²) < 4.78 is 0. The summed E-state index contributed by atoms with van der Waals surface area (Å²) in [4.78, 5) is 14.9. The lowest BCUT2D eigenvalue weighted by Gasteiger charge is -2.30. The minimum Gasteiger partial charge on any atom is -0.352 e. The van der Waals surface area contributed by atoms with Crippen LogP contribution < -0.4 is 5.32 Å². The van der Waals surface area contributed by atoms with Crippen molar-refractivity contribution < 1.29 is 4.79 Å². The Hall–Kier alpha value is -2.13. The van der Waals surface area contributed by atoms with Gasteiger partial charge in [0.05, 0.1) is 0 Å². The van der Waals surface area contributed by atoms with Crippen molar-refractivity contribution in [2.24, 2.45) is 5.92 Å². The maximum absolute atomic E-state index is 12.4. The normalized spacial score (nSPS) is 17.4. The number of benzene rings is 2. The summed E-state index contributed by atoms with van der Waals surface area (Å²) in [6.07, 6.45) is 4.59. The molecule has 3 nitrogen and oxygen atoms in total. The second-order valence-electron chi connectivity index (χ2n) is 8.94. The average Bonchev–Trinajstić information content (AvgIpc) is 2.72. The third kappa shape index (κ3) is 6.71. The first kappa shape index (κ1) is 21.6. The predicted octanol–water partition coefficient (Wildman–Crippen LogP) is 5.40. The Labute approximate surface area is 176 Å². The number of piperidine rings is 1. The molecule has 1 aliphatic heterocycles. The zero-order valence-electron chi connectivity index (χ0n) is 18.3. The number of hydrogen-bond donors (Lipinski definition) is 1. The van der Waals surface area contributed by atoms with Gasteiger partial charge in [0.2, 0.25) is 0 Å². The summed E-state index contributed by atoms with van der Waals surface area (Å²) in [5, 5.41) is 3.06. The van der Waals surface area contributed by atoms with Crippen LogP contribution in [0.1, 0.15) is 73.0 Å². The van der Waals surface area contributed by atoms with Crippen molar-refractivity contribution in [2.45, 2.75) is 58.9 Å². The topological polar surface area (TPSA) is 32.3 Å². The molecule has 2 aromatic carbocycles. The van der Waals surface area contributed by atoms with Crippen LogP contribution in [0.15, 0.2) is 48.5 Å². The molecule has 3 rings (SSSR count). The number of nitrogens with zero attached hydrogens (tertiary/aromatic N) is 1. The monoisotopic (exact) mass is 392 g/mol. The number of hydrogen-bond acceptors (Lipinski definition) is 2. The van der Waals surface area contributed by atoms with Crippen LogP contribution in [-0.2, 0) is 13.0 Å². The molecule has 1 N–H and O–H groups in total. The van der Waals surface area contributed by atoms with E-state index in [1.54, 1.807) is 0 Å². The van der Waals surface area contributed by atoms with Crippen LogP contribution in [0.4, 0.5) is 0 Å². The molecule has 0 radical (unpaired) electrons. The molecule has 29 heavy (non-hydrogen) atoms. The predicted molar refractivity (Wildman–Crippen MR) is 121 cm³/mol. The van der Waals surface area contributed by atoms with E-state index in [0.29, 0.717) is 12.5 Å². The molecule has 0 aromatic heterocycles. The fraction of sp³-hybridized carbons (Fsp3) is 0.500. The van der Waals surface area contributed by atoms with Crippen molar-refractivity contribution in [1.82, 2.24) is 10.2 Å². The summed E-state index contributed by atoms with van der Waals surface area (Å²) in [6.45, 7) is 10.8. The Balaban J connectivity index is 1.40. The maximum atomic E-state index is 12.4. The second-order valence-corrected chi connectivity index (χ2v) is 8.94. The van der Waals surface area contributed by atoms with E-state index in [0.717, 1.165) is 30.9 Å². The molecule has 1 amide bonds. The second kappa shape index (κ2) is 10.6. The third-order valence-electron chi connectivity index (χ3n) is 5.94. The van der Waals surface area contributed by atoms with Crippen molar-refractivity contribution in [3.8, 4) is 0 Å². The van der Waals surface area contributed by atoms with Gasteiger partial charge in [-0.1, -0.05) is 57.2 Å². The number of likely N-dealkylation sites (tertiary alicyclic amines) is 1. The van der Waals surface area contributed by atoms with E-state index in [1.807, 2.05) is 12.1 Å². The highest BCUT2D eigenvalue weighted by Gasteiger charge is 2.16. The zero-order chi connectivity index (χ0) is 20.6.